The van der Waals surface area contributed by atoms with Crippen LogP contribution in [0.1, 0.15) is 26.7 Å². The molecule has 13 heteroatoms. The highest BCUT2D eigenvalue weighted by atomic mass is 36.0. The molecule has 0 amide bonds. The first-order chi connectivity index (χ1) is 15.2. The third-order valence-electron chi connectivity index (χ3n) is 4.46. The van der Waals surface area contributed by atoms with E-state index in [1.165, 1.54) is 10.7 Å². The Kier molecular flexibility index (Phi) is 7.71. The molecule has 0 aliphatic rings. The van der Waals surface area contributed by atoms with Crippen molar-refractivity contribution in [1.82, 2.24) is 24.1 Å². The minimum Gasteiger partial charge on any atom is -0.493 e. The zero-order chi connectivity index (χ0) is 23.5. The van der Waals surface area contributed by atoms with E-state index in [2.05, 4.69) is 43.5 Å². The van der Waals surface area contributed by atoms with Crippen LogP contribution < -0.4 is 10.4 Å². The van der Waals surface area contributed by atoms with Gasteiger partial charge in [-0.05, 0) is 25.0 Å². The Balaban J connectivity index is 0.000000523. The lowest BCUT2D eigenvalue weighted by molar-refractivity contribution is 0.318. The molecule has 4 aromatic rings. The molecule has 0 radical (unpaired) electrons. The lowest BCUT2D eigenvalue weighted by Gasteiger charge is -2.10. The van der Waals surface area contributed by atoms with Crippen LogP contribution in [0.4, 0.5) is 0 Å². The van der Waals surface area contributed by atoms with Crippen molar-refractivity contribution < 1.29 is 13.2 Å². The van der Waals surface area contributed by atoms with Gasteiger partial charge < -0.3 is 9.72 Å². The molecule has 172 valence electrons. The topological polar surface area (TPSA) is 111 Å². The number of halogens is 3. The molecule has 0 aliphatic heterocycles. The molecule has 0 bridgehead atoms. The van der Waals surface area contributed by atoms with Gasteiger partial charge in [-0.15, -0.1) is 10.2 Å². The summed E-state index contributed by atoms with van der Waals surface area (Å²) in [4.78, 5) is 16.2. The number of nitrogens with zero attached hydrogens (tertiary/aromatic N) is 4. The second-order valence-corrected chi connectivity index (χ2v) is 10.8. The molecule has 9 nitrogen and oxygen atoms in total. The summed E-state index contributed by atoms with van der Waals surface area (Å²) in [6, 6.07) is 7.72. The van der Waals surface area contributed by atoms with Crippen molar-refractivity contribution in [2.75, 3.05) is 6.61 Å². The van der Waals surface area contributed by atoms with Gasteiger partial charge in [-0.1, -0.05) is 37.6 Å². The monoisotopic (exact) mass is 519 g/mol. The summed E-state index contributed by atoms with van der Waals surface area (Å²) in [5, 5.41) is 8.48. The number of fused-ring (bicyclic) bond motifs is 3. The first-order valence-corrected chi connectivity index (χ1v) is 13.2. The number of ether oxygens (including phenoxy) is 1. The largest absolute Gasteiger partial charge is 0.493 e. The second kappa shape index (κ2) is 10.1. The molecule has 0 saturated carbocycles. The lowest BCUT2D eigenvalue weighted by atomic mass is 10.1. The molecule has 4 rings (SSSR count). The fraction of sp³-hybridized carbons (Fsp3) is 0.316. The zero-order valence-corrected chi connectivity index (χ0v) is 20.3. The van der Waals surface area contributed by atoms with E-state index < -0.39 is 8.26 Å². The van der Waals surface area contributed by atoms with Crippen LogP contribution in [-0.4, -0.2) is 39.2 Å². The van der Waals surface area contributed by atoms with Crippen LogP contribution in [0.2, 0.25) is 5.02 Å². The predicted molar refractivity (Wildman–Crippen MR) is 126 cm³/mol. The summed E-state index contributed by atoms with van der Waals surface area (Å²) >= 11 is 6.77. The number of H-pyrrole nitrogens is 1. The number of benzene rings is 1. The summed E-state index contributed by atoms with van der Waals surface area (Å²) < 4.78 is 27.3. The third-order valence-corrected chi connectivity index (χ3v) is 4.83. The molecule has 0 fully saturated rings. The highest BCUT2D eigenvalue weighted by Crippen LogP contribution is 2.39. The van der Waals surface area contributed by atoms with Crippen molar-refractivity contribution in [3.63, 3.8) is 0 Å². The summed E-state index contributed by atoms with van der Waals surface area (Å²) in [6.07, 6.45) is 3.14. The Bertz CT molecular complexity index is 1400. The molecule has 1 aromatic carbocycles. The molecule has 0 saturated heterocycles. The molecule has 0 spiro atoms. The number of hydrogen-bond acceptors (Lipinski definition) is 6. The summed E-state index contributed by atoms with van der Waals surface area (Å²) in [6.45, 7) is 5.24. The Morgan fingerprint density at radius 2 is 1.84 bits per heavy atom. The van der Waals surface area contributed by atoms with E-state index in [-0.39, 0.29) is 5.69 Å². The van der Waals surface area contributed by atoms with E-state index in [0.717, 1.165) is 24.2 Å². The lowest BCUT2D eigenvalue weighted by Crippen LogP contribution is -2.26. The number of rotatable bonds is 6. The van der Waals surface area contributed by atoms with Crippen molar-refractivity contribution in [2.24, 2.45) is 0 Å². The van der Waals surface area contributed by atoms with Crippen molar-refractivity contribution in [2.45, 2.75) is 33.2 Å². The van der Waals surface area contributed by atoms with E-state index in [1.54, 1.807) is 4.57 Å². The number of para-hydroxylation sites is 1. The van der Waals surface area contributed by atoms with E-state index in [0.29, 0.717) is 40.5 Å². The average Bonchev–Trinajstić information content (AvgIpc) is 3.34. The standard InChI is InChI=1S/C19H20ClN5O2.Cl2O2S/c1-3-9-24-17-14(20)15(12-7-5-6-8-13(12)27-10-4-2)22-16(17)18-23-21-11-25(18)19(24)26;1-5(2,3)4/h5-8,11,22H,3-4,9-10H2,1-2H3;. The smallest absolute Gasteiger partial charge is 0.335 e. The number of hydrogen-bond donors (Lipinski definition) is 1. The first kappa shape index (κ1) is 24.4. The zero-order valence-electron chi connectivity index (χ0n) is 17.2. The van der Waals surface area contributed by atoms with Crippen molar-refractivity contribution in [3.8, 4) is 17.0 Å². The molecule has 3 aromatic heterocycles. The number of nitrogens with one attached hydrogen (secondary N) is 1. The van der Waals surface area contributed by atoms with Gasteiger partial charge in [0.1, 0.15) is 17.6 Å². The number of aromatic nitrogens is 5. The van der Waals surface area contributed by atoms with Crippen LogP contribution >= 0.6 is 33.0 Å². The minimum atomic E-state index is -3.72. The number of aromatic amines is 1. The molecule has 32 heavy (non-hydrogen) atoms. The molecule has 0 aliphatic carbocycles. The SMILES string of the molecule is CCCOc1ccccc1-c1[nH]c2c(c1Cl)n(CCC)c(=O)n1cnnc21.O=S(=O)(Cl)Cl. The molecule has 0 unspecified atom stereocenters. The fourth-order valence-electron chi connectivity index (χ4n) is 3.28. The maximum absolute atomic E-state index is 12.8. The summed E-state index contributed by atoms with van der Waals surface area (Å²) in [5.41, 5.74) is 3.14. The molecular formula is C19H20Cl3N5O4S. The Labute approximate surface area is 197 Å². The predicted octanol–water partition coefficient (Wildman–Crippen LogP) is 4.60. The highest BCUT2D eigenvalue weighted by Gasteiger charge is 2.22. The van der Waals surface area contributed by atoms with Gasteiger partial charge in [0.15, 0.2) is 5.65 Å². The number of aryl methyl sites for hydroxylation is 1. The fourth-order valence-corrected chi connectivity index (χ4v) is 3.63. The van der Waals surface area contributed by atoms with E-state index in [4.69, 9.17) is 24.8 Å². The van der Waals surface area contributed by atoms with Crippen molar-refractivity contribution in [3.05, 3.63) is 46.1 Å². The normalized spacial score (nSPS) is 11.5. The highest BCUT2D eigenvalue weighted by molar-refractivity contribution is 8.31. The molecule has 1 N–H and O–H groups in total. The van der Waals surface area contributed by atoms with Crippen LogP contribution in [0.25, 0.3) is 27.9 Å². The van der Waals surface area contributed by atoms with Gasteiger partial charge in [-0.3, -0.25) is 4.57 Å². The molecule has 3 heterocycles. The van der Waals surface area contributed by atoms with Gasteiger partial charge in [-0.25, -0.2) is 9.20 Å². The Hall–Kier alpha value is -2.27. The van der Waals surface area contributed by atoms with Gasteiger partial charge in [0.2, 0.25) is 0 Å². The Morgan fingerprint density at radius 3 is 2.50 bits per heavy atom. The average molecular weight is 521 g/mol. The van der Waals surface area contributed by atoms with Crippen molar-refractivity contribution in [1.29, 1.82) is 0 Å². The van der Waals surface area contributed by atoms with Crippen molar-refractivity contribution >= 4 is 57.9 Å². The quantitative estimate of drug-likeness (QED) is 0.372. The third kappa shape index (κ3) is 5.20. The van der Waals surface area contributed by atoms with Gasteiger partial charge >= 0.3 is 14.0 Å². The van der Waals surface area contributed by atoms with Crippen LogP contribution in [0.3, 0.4) is 0 Å². The van der Waals surface area contributed by atoms with Gasteiger partial charge in [0.05, 0.1) is 22.8 Å². The second-order valence-electron chi connectivity index (χ2n) is 6.72. The van der Waals surface area contributed by atoms with E-state index >= 15 is 0 Å². The van der Waals surface area contributed by atoms with Crippen LogP contribution in [0.5, 0.6) is 5.75 Å². The van der Waals surface area contributed by atoms with Gasteiger partial charge in [-0.2, -0.15) is 8.42 Å². The summed E-state index contributed by atoms with van der Waals surface area (Å²) in [7, 11) is 4.81. The summed E-state index contributed by atoms with van der Waals surface area (Å²) in [5.74, 6) is 0.745. The maximum Gasteiger partial charge on any atom is 0.335 e. The van der Waals surface area contributed by atoms with Crippen LogP contribution in [-0.2, 0) is 14.8 Å². The van der Waals surface area contributed by atoms with Crippen LogP contribution in [0, 0.1) is 0 Å². The van der Waals surface area contributed by atoms with Gasteiger partial charge in [0.25, 0.3) is 0 Å². The van der Waals surface area contributed by atoms with E-state index in [1.807, 2.05) is 31.2 Å². The Morgan fingerprint density at radius 1 is 1.16 bits per heavy atom. The van der Waals surface area contributed by atoms with E-state index in [9.17, 15) is 4.79 Å². The molecule has 0 atom stereocenters. The van der Waals surface area contributed by atoms with Crippen LogP contribution in [0.15, 0.2) is 35.4 Å². The molecular weight excluding hydrogens is 501 g/mol. The maximum atomic E-state index is 12.8. The van der Waals surface area contributed by atoms with Gasteiger partial charge in [0, 0.05) is 33.5 Å². The first-order valence-electron chi connectivity index (χ1n) is 9.67. The minimum absolute atomic E-state index is 0.202.